The van der Waals surface area contributed by atoms with Crippen LogP contribution in [0.25, 0.3) is 17.2 Å². The zero-order valence-corrected chi connectivity index (χ0v) is 13.2. The van der Waals surface area contributed by atoms with Gasteiger partial charge in [0.2, 0.25) is 5.82 Å². The summed E-state index contributed by atoms with van der Waals surface area (Å²) < 4.78 is 7.02. The van der Waals surface area contributed by atoms with E-state index in [1.165, 1.54) is 4.52 Å². The van der Waals surface area contributed by atoms with Gasteiger partial charge < -0.3 is 15.5 Å². The molecule has 0 spiro atoms. The Morgan fingerprint density at radius 3 is 2.91 bits per heavy atom. The lowest BCUT2D eigenvalue weighted by Gasteiger charge is -2.05. The summed E-state index contributed by atoms with van der Waals surface area (Å²) in [6.07, 6.45) is 1.97. The number of amides is 1. The molecular weight excluding hydrogens is 294 g/mol. The number of furan rings is 1. The van der Waals surface area contributed by atoms with Gasteiger partial charge in [0.1, 0.15) is 11.6 Å². The summed E-state index contributed by atoms with van der Waals surface area (Å²) in [5, 5.41) is 7.19. The van der Waals surface area contributed by atoms with Crippen LogP contribution < -0.4 is 11.1 Å². The van der Waals surface area contributed by atoms with E-state index in [1.54, 1.807) is 18.2 Å². The fourth-order valence-corrected chi connectivity index (χ4v) is 2.28. The molecule has 0 saturated heterocycles. The maximum absolute atomic E-state index is 12.2. The molecule has 120 valence electrons. The zero-order chi connectivity index (χ0) is 16.4. The molecule has 3 aromatic rings. The second kappa shape index (κ2) is 6.12. The van der Waals surface area contributed by atoms with Gasteiger partial charge in [0.15, 0.2) is 11.4 Å². The first-order valence-corrected chi connectivity index (χ1v) is 7.60. The molecule has 3 heterocycles. The van der Waals surface area contributed by atoms with Crippen LogP contribution in [0.1, 0.15) is 35.9 Å². The highest BCUT2D eigenvalue weighted by molar-refractivity contribution is 5.95. The van der Waals surface area contributed by atoms with Crippen molar-refractivity contribution in [1.29, 1.82) is 0 Å². The summed E-state index contributed by atoms with van der Waals surface area (Å²) in [5.41, 5.74) is 6.98. The summed E-state index contributed by atoms with van der Waals surface area (Å²) in [4.78, 5) is 16.5. The van der Waals surface area contributed by atoms with Gasteiger partial charge in [-0.3, -0.25) is 4.79 Å². The van der Waals surface area contributed by atoms with E-state index in [1.807, 2.05) is 13.0 Å². The normalized spacial score (nSPS) is 11.0. The number of nitrogens with two attached hydrogens (primary N) is 1. The number of hydrogen-bond donors (Lipinski definition) is 2. The zero-order valence-electron chi connectivity index (χ0n) is 13.2. The molecule has 23 heavy (non-hydrogen) atoms. The molecule has 0 unspecified atom stereocenters. The number of anilines is 1. The number of carbonyl (C=O) groups excluding carboxylic acids is 1. The van der Waals surface area contributed by atoms with E-state index in [0.717, 1.165) is 18.6 Å². The minimum absolute atomic E-state index is 0.161. The van der Waals surface area contributed by atoms with E-state index >= 15 is 0 Å². The molecule has 0 saturated carbocycles. The Hall–Kier alpha value is -2.83. The number of carbonyl (C=O) groups is 1. The van der Waals surface area contributed by atoms with Crippen molar-refractivity contribution in [2.45, 2.75) is 26.7 Å². The minimum Gasteiger partial charge on any atom is -0.458 e. The molecule has 1 amide bonds. The summed E-state index contributed by atoms with van der Waals surface area (Å²) in [6, 6.07) is 6.92. The Kier molecular flexibility index (Phi) is 4.01. The molecule has 0 aliphatic heterocycles. The van der Waals surface area contributed by atoms with Crippen LogP contribution in [0, 0.1) is 6.92 Å². The third kappa shape index (κ3) is 3.03. The smallest absolute Gasteiger partial charge is 0.251 e. The fourth-order valence-electron chi connectivity index (χ4n) is 2.28. The molecule has 0 atom stereocenters. The largest absolute Gasteiger partial charge is 0.458 e. The Morgan fingerprint density at radius 2 is 2.22 bits per heavy atom. The highest BCUT2D eigenvalue weighted by atomic mass is 16.3. The van der Waals surface area contributed by atoms with Crippen molar-refractivity contribution < 1.29 is 9.21 Å². The van der Waals surface area contributed by atoms with Crippen LogP contribution >= 0.6 is 0 Å². The number of nitrogens with zero attached hydrogens (tertiary/aromatic N) is 3. The number of nitrogens with one attached hydrogen (secondary N) is 1. The molecule has 3 N–H and O–H groups in total. The van der Waals surface area contributed by atoms with Crippen LogP contribution in [0.15, 0.2) is 28.7 Å². The van der Waals surface area contributed by atoms with Gasteiger partial charge in [0.25, 0.3) is 5.91 Å². The van der Waals surface area contributed by atoms with Crippen molar-refractivity contribution in [3.8, 4) is 11.6 Å². The van der Waals surface area contributed by atoms with Gasteiger partial charge in [-0.05, 0) is 37.6 Å². The second-order valence-corrected chi connectivity index (χ2v) is 5.39. The Balaban J connectivity index is 1.93. The molecule has 0 fully saturated rings. The first kappa shape index (κ1) is 15.1. The fraction of sp³-hybridized carbons (Fsp3) is 0.312. The minimum atomic E-state index is -0.161. The van der Waals surface area contributed by atoms with Crippen LogP contribution in [0.3, 0.4) is 0 Å². The first-order valence-electron chi connectivity index (χ1n) is 7.60. The van der Waals surface area contributed by atoms with E-state index in [-0.39, 0.29) is 5.91 Å². The van der Waals surface area contributed by atoms with E-state index in [4.69, 9.17) is 10.2 Å². The molecule has 0 aliphatic rings. The van der Waals surface area contributed by atoms with Gasteiger partial charge in [0, 0.05) is 12.1 Å². The van der Waals surface area contributed by atoms with Crippen molar-refractivity contribution in [3.05, 3.63) is 35.6 Å². The number of aryl methyl sites for hydroxylation is 1. The lowest BCUT2D eigenvalue weighted by molar-refractivity contribution is 0.0953. The summed E-state index contributed by atoms with van der Waals surface area (Å²) in [5.74, 6) is 1.98. The molecule has 0 radical (unpaired) electrons. The van der Waals surface area contributed by atoms with Crippen molar-refractivity contribution in [2.24, 2.45) is 0 Å². The summed E-state index contributed by atoms with van der Waals surface area (Å²) in [6.45, 7) is 4.57. The van der Waals surface area contributed by atoms with Gasteiger partial charge in [-0.15, -0.1) is 5.10 Å². The monoisotopic (exact) mass is 313 g/mol. The molecule has 7 nitrogen and oxygen atoms in total. The first-order chi connectivity index (χ1) is 11.1. The highest BCUT2D eigenvalue weighted by Crippen LogP contribution is 2.21. The van der Waals surface area contributed by atoms with Crippen LogP contribution in [0.4, 0.5) is 5.82 Å². The lowest BCUT2D eigenvalue weighted by atomic mass is 10.2. The quantitative estimate of drug-likeness (QED) is 0.705. The third-order valence-corrected chi connectivity index (χ3v) is 3.50. The van der Waals surface area contributed by atoms with Crippen molar-refractivity contribution in [2.75, 3.05) is 12.3 Å². The predicted octanol–water partition coefficient (Wildman–Crippen LogP) is 2.41. The molecule has 0 bridgehead atoms. The Morgan fingerprint density at radius 1 is 1.39 bits per heavy atom. The Labute approximate surface area is 133 Å². The van der Waals surface area contributed by atoms with Gasteiger partial charge in [0.05, 0.1) is 0 Å². The molecule has 0 aliphatic carbocycles. The number of aromatic nitrogens is 3. The van der Waals surface area contributed by atoms with Gasteiger partial charge in [-0.2, -0.15) is 4.52 Å². The highest BCUT2D eigenvalue weighted by Gasteiger charge is 2.14. The standard InChI is InChI=1S/C16H19N5O2/c1-3-4-7-18-16(22)11-8-13(17)21-14(9-11)19-15(20-21)12-6-5-10(2)23-12/h5-6,8-9H,3-4,7,17H2,1-2H3,(H,18,22). The third-order valence-electron chi connectivity index (χ3n) is 3.50. The topological polar surface area (TPSA) is 98.5 Å². The van der Waals surface area contributed by atoms with Crippen molar-refractivity contribution >= 4 is 17.4 Å². The maximum Gasteiger partial charge on any atom is 0.251 e. The van der Waals surface area contributed by atoms with Crippen LogP contribution in [-0.2, 0) is 0 Å². The molecule has 3 aromatic heterocycles. The lowest BCUT2D eigenvalue weighted by Crippen LogP contribution is -2.24. The van der Waals surface area contributed by atoms with Gasteiger partial charge in [-0.25, -0.2) is 4.98 Å². The SMILES string of the molecule is CCCCNC(=O)c1cc(N)n2nc(-c3ccc(C)o3)nc2c1. The summed E-state index contributed by atoms with van der Waals surface area (Å²) in [7, 11) is 0. The number of pyridine rings is 1. The number of nitrogen functional groups attached to an aromatic ring is 1. The molecule has 7 heteroatoms. The molecule has 0 aromatic carbocycles. The Bertz CT molecular complexity index is 849. The van der Waals surface area contributed by atoms with E-state index < -0.39 is 0 Å². The predicted molar refractivity (Wildman–Crippen MR) is 87.1 cm³/mol. The molecular formula is C16H19N5O2. The summed E-state index contributed by atoms with van der Waals surface area (Å²) >= 11 is 0. The van der Waals surface area contributed by atoms with Crippen molar-refractivity contribution in [3.63, 3.8) is 0 Å². The average molecular weight is 313 g/mol. The second-order valence-electron chi connectivity index (χ2n) is 5.39. The van der Waals surface area contributed by atoms with Gasteiger partial charge >= 0.3 is 0 Å². The van der Waals surface area contributed by atoms with E-state index in [9.17, 15) is 4.79 Å². The van der Waals surface area contributed by atoms with Crippen LogP contribution in [0.5, 0.6) is 0 Å². The maximum atomic E-state index is 12.2. The van der Waals surface area contributed by atoms with Crippen LogP contribution in [-0.4, -0.2) is 27.0 Å². The van der Waals surface area contributed by atoms with Crippen molar-refractivity contribution in [1.82, 2.24) is 19.9 Å². The number of unbranched alkanes of at least 4 members (excludes halogenated alkanes) is 1. The van der Waals surface area contributed by atoms with E-state index in [2.05, 4.69) is 22.3 Å². The number of rotatable bonds is 5. The molecule has 3 rings (SSSR count). The average Bonchev–Trinajstić information content (AvgIpc) is 3.13. The number of fused-ring (bicyclic) bond motifs is 1. The van der Waals surface area contributed by atoms with E-state index in [0.29, 0.717) is 35.2 Å². The van der Waals surface area contributed by atoms with Crippen LogP contribution in [0.2, 0.25) is 0 Å². The number of hydrogen-bond acceptors (Lipinski definition) is 5. The van der Waals surface area contributed by atoms with Gasteiger partial charge in [-0.1, -0.05) is 13.3 Å².